The first-order chi connectivity index (χ1) is 9.99. The van der Waals surface area contributed by atoms with Crippen LogP contribution in [-0.4, -0.2) is 11.4 Å². The fraction of sp³-hybridized carbons (Fsp3) is 0.0714. The van der Waals surface area contributed by atoms with Gasteiger partial charge in [-0.05, 0) is 30.3 Å². The molecule has 2 aromatic carbocycles. The molecule has 0 radical (unpaired) electrons. The van der Waals surface area contributed by atoms with Crippen LogP contribution in [0.1, 0.15) is 10.4 Å². The lowest BCUT2D eigenvalue weighted by Crippen LogP contribution is -2.46. The summed E-state index contributed by atoms with van der Waals surface area (Å²) in [6.07, 6.45) is 0. The van der Waals surface area contributed by atoms with Crippen LogP contribution >= 0.6 is 28.6 Å². The second kappa shape index (κ2) is 5.31. The largest absolute Gasteiger partial charge is 0.356 e. The van der Waals surface area contributed by atoms with E-state index in [9.17, 15) is 13.6 Å². The van der Waals surface area contributed by atoms with E-state index in [1.807, 2.05) is 0 Å². The summed E-state index contributed by atoms with van der Waals surface area (Å²) in [5.74, 6) is -2.15. The molecule has 1 atom stereocenters. The van der Waals surface area contributed by atoms with E-state index >= 15 is 0 Å². The zero-order valence-electron chi connectivity index (χ0n) is 10.5. The van der Waals surface area contributed by atoms with Crippen molar-refractivity contribution < 1.29 is 13.6 Å². The minimum Gasteiger partial charge on any atom is -0.356 e. The average Bonchev–Trinajstić information content (AvgIpc) is 2.43. The van der Waals surface area contributed by atoms with Crippen molar-refractivity contribution in [2.75, 3.05) is 10.2 Å². The molecule has 1 heterocycles. The third-order valence-electron chi connectivity index (χ3n) is 3.14. The summed E-state index contributed by atoms with van der Waals surface area (Å²) in [6.45, 7) is 0. The van der Waals surface area contributed by atoms with E-state index in [4.69, 9.17) is 0 Å². The number of nitrogens with zero attached hydrogens (tertiary/aromatic N) is 1. The first kappa shape index (κ1) is 14.3. The van der Waals surface area contributed by atoms with Gasteiger partial charge in [-0.25, -0.2) is 8.78 Å². The number of thiol groups is 1. The van der Waals surface area contributed by atoms with E-state index in [1.54, 1.807) is 18.2 Å². The highest BCUT2D eigenvalue weighted by atomic mass is 79.9. The number of benzene rings is 2. The van der Waals surface area contributed by atoms with E-state index in [-0.39, 0.29) is 0 Å². The van der Waals surface area contributed by atoms with Crippen LogP contribution in [0.5, 0.6) is 0 Å². The zero-order chi connectivity index (χ0) is 15.1. The van der Waals surface area contributed by atoms with Crippen molar-refractivity contribution >= 4 is 45.8 Å². The number of halogens is 3. The molecule has 1 aliphatic rings. The van der Waals surface area contributed by atoms with Gasteiger partial charge in [0, 0.05) is 10.2 Å². The van der Waals surface area contributed by atoms with E-state index in [1.165, 1.54) is 6.07 Å². The number of para-hydroxylation sites is 1. The molecule has 1 N–H and O–H groups in total. The summed E-state index contributed by atoms with van der Waals surface area (Å²) in [4.78, 5) is 13.5. The molecule has 108 valence electrons. The lowest BCUT2D eigenvalue weighted by molar-refractivity contribution is 0.0981. The predicted octanol–water partition coefficient (Wildman–Crippen LogP) is 4.01. The quantitative estimate of drug-likeness (QED) is 0.743. The molecule has 21 heavy (non-hydrogen) atoms. The van der Waals surface area contributed by atoms with Crippen molar-refractivity contribution in [3.63, 3.8) is 0 Å². The number of rotatable bonds is 1. The smallest absolute Gasteiger partial charge is 0.262 e. The molecular weight excluding hydrogens is 362 g/mol. The number of anilines is 2. The van der Waals surface area contributed by atoms with Crippen molar-refractivity contribution in [1.82, 2.24) is 0 Å². The molecule has 0 saturated carbocycles. The van der Waals surface area contributed by atoms with Gasteiger partial charge in [-0.1, -0.05) is 22.0 Å². The molecule has 1 aliphatic heterocycles. The molecule has 0 aromatic heterocycles. The molecule has 1 unspecified atom stereocenters. The number of nitrogens with one attached hydrogen (secondary N) is 1. The van der Waals surface area contributed by atoms with Crippen molar-refractivity contribution in [1.29, 1.82) is 0 Å². The van der Waals surface area contributed by atoms with Gasteiger partial charge in [0.1, 0.15) is 17.3 Å². The van der Waals surface area contributed by atoms with Gasteiger partial charge < -0.3 is 5.32 Å². The average molecular weight is 371 g/mol. The number of amides is 1. The minimum absolute atomic E-state index is 0.317. The van der Waals surface area contributed by atoms with Gasteiger partial charge in [-0.3, -0.25) is 9.69 Å². The lowest BCUT2D eigenvalue weighted by Gasteiger charge is -2.35. The Labute approximate surface area is 133 Å². The summed E-state index contributed by atoms with van der Waals surface area (Å²) in [7, 11) is 0. The van der Waals surface area contributed by atoms with E-state index in [0.29, 0.717) is 15.7 Å². The van der Waals surface area contributed by atoms with Crippen molar-refractivity contribution in [2.24, 2.45) is 0 Å². The maximum atomic E-state index is 13.9. The molecule has 7 heteroatoms. The summed E-state index contributed by atoms with van der Waals surface area (Å²) < 4.78 is 28.6. The standard InChI is InChI=1S/C14H9BrF2N2OS/c15-7-4-5-11-8(6-7)13(20)19(14(21)18-11)12-9(16)2-1-3-10(12)17/h1-6,14,18,21H. The van der Waals surface area contributed by atoms with Gasteiger partial charge >= 0.3 is 0 Å². The van der Waals surface area contributed by atoms with Gasteiger partial charge in [0.2, 0.25) is 0 Å². The van der Waals surface area contributed by atoms with Crippen LogP contribution in [0.2, 0.25) is 0 Å². The monoisotopic (exact) mass is 370 g/mol. The van der Waals surface area contributed by atoms with Crippen LogP contribution in [0, 0.1) is 11.6 Å². The first-order valence-electron chi connectivity index (χ1n) is 6.01. The Hall–Kier alpha value is -1.60. The number of hydrogen-bond donors (Lipinski definition) is 2. The molecule has 0 fully saturated rings. The molecule has 0 spiro atoms. The zero-order valence-corrected chi connectivity index (χ0v) is 13.0. The van der Waals surface area contributed by atoms with E-state index in [0.717, 1.165) is 17.0 Å². The van der Waals surface area contributed by atoms with Crippen LogP contribution in [-0.2, 0) is 0 Å². The number of hydrogen-bond acceptors (Lipinski definition) is 3. The Kier molecular flexibility index (Phi) is 3.62. The first-order valence-corrected chi connectivity index (χ1v) is 7.31. The van der Waals surface area contributed by atoms with Crippen molar-refractivity contribution in [3.8, 4) is 0 Å². The van der Waals surface area contributed by atoms with Crippen LogP contribution < -0.4 is 10.2 Å². The summed E-state index contributed by atoms with van der Waals surface area (Å²) in [5, 5.41) is 2.94. The molecule has 0 saturated heterocycles. The molecule has 0 aliphatic carbocycles. The van der Waals surface area contributed by atoms with Gasteiger partial charge in [0.25, 0.3) is 5.91 Å². The third-order valence-corrected chi connectivity index (χ3v) is 3.99. The third kappa shape index (κ3) is 2.40. The van der Waals surface area contributed by atoms with Crippen LogP contribution in [0.4, 0.5) is 20.2 Å². The fourth-order valence-electron chi connectivity index (χ4n) is 2.21. The second-order valence-corrected chi connectivity index (χ2v) is 5.86. The Morgan fingerprint density at radius 1 is 1.19 bits per heavy atom. The van der Waals surface area contributed by atoms with Crippen LogP contribution in [0.25, 0.3) is 0 Å². The summed E-state index contributed by atoms with van der Waals surface area (Å²) in [6, 6.07) is 8.50. The predicted molar refractivity (Wildman–Crippen MR) is 83.7 cm³/mol. The number of carbonyl (C=O) groups is 1. The maximum Gasteiger partial charge on any atom is 0.262 e. The highest BCUT2D eigenvalue weighted by Crippen LogP contribution is 2.34. The minimum atomic E-state index is -0.863. The molecule has 2 aromatic rings. The number of fused-ring (bicyclic) bond motifs is 1. The highest BCUT2D eigenvalue weighted by molar-refractivity contribution is 9.10. The maximum absolute atomic E-state index is 13.9. The van der Waals surface area contributed by atoms with Crippen molar-refractivity contribution in [2.45, 2.75) is 5.50 Å². The Morgan fingerprint density at radius 3 is 2.52 bits per heavy atom. The lowest BCUT2D eigenvalue weighted by atomic mass is 10.1. The molecular formula is C14H9BrF2N2OS. The Bertz CT molecular complexity index is 721. The normalized spacial score (nSPS) is 17.4. The van der Waals surface area contributed by atoms with E-state index < -0.39 is 28.7 Å². The Balaban J connectivity index is 2.15. The molecule has 3 rings (SSSR count). The topological polar surface area (TPSA) is 32.3 Å². The molecule has 3 nitrogen and oxygen atoms in total. The second-order valence-electron chi connectivity index (χ2n) is 4.45. The summed E-state index contributed by atoms with van der Waals surface area (Å²) in [5.41, 5.74) is -0.397. The SMILES string of the molecule is O=C1c2cc(Br)ccc2NC(S)N1c1c(F)cccc1F. The highest BCUT2D eigenvalue weighted by Gasteiger charge is 2.34. The number of carbonyl (C=O) groups excluding carboxylic acids is 1. The Morgan fingerprint density at radius 2 is 1.86 bits per heavy atom. The van der Waals surface area contributed by atoms with Crippen LogP contribution in [0.3, 0.4) is 0 Å². The van der Waals surface area contributed by atoms with Crippen molar-refractivity contribution in [3.05, 3.63) is 58.1 Å². The molecule has 1 amide bonds. The van der Waals surface area contributed by atoms with Gasteiger partial charge in [0.05, 0.1) is 5.56 Å². The van der Waals surface area contributed by atoms with Gasteiger partial charge in [-0.15, -0.1) is 12.6 Å². The fourth-order valence-corrected chi connectivity index (χ4v) is 2.93. The summed E-state index contributed by atoms with van der Waals surface area (Å²) >= 11 is 7.49. The van der Waals surface area contributed by atoms with Gasteiger partial charge in [0.15, 0.2) is 5.50 Å². The van der Waals surface area contributed by atoms with E-state index in [2.05, 4.69) is 33.9 Å². The van der Waals surface area contributed by atoms with Crippen LogP contribution in [0.15, 0.2) is 40.9 Å². The molecule has 0 bridgehead atoms. The van der Waals surface area contributed by atoms with Gasteiger partial charge in [-0.2, -0.15) is 0 Å².